The molecule has 0 aliphatic carbocycles. The quantitative estimate of drug-likeness (QED) is 0.732. The maximum atomic E-state index is 11.9. The molecule has 0 unspecified atom stereocenters. The molecule has 16 heavy (non-hydrogen) atoms. The summed E-state index contributed by atoms with van der Waals surface area (Å²) in [4.78, 5) is 2.41. The van der Waals surface area contributed by atoms with Crippen LogP contribution in [0.1, 0.15) is 6.92 Å². The topological polar surface area (TPSA) is 32.5 Å². The zero-order valence-corrected chi connectivity index (χ0v) is 9.77. The SMILES string of the molecule is CCN1CCN(N)CC1.Fc1ccccc1. The minimum atomic E-state index is -0.178. The lowest BCUT2D eigenvalue weighted by Gasteiger charge is -2.30. The number of halogens is 1. The Morgan fingerprint density at radius 2 is 1.69 bits per heavy atom. The van der Waals surface area contributed by atoms with Gasteiger partial charge in [-0.3, -0.25) is 5.84 Å². The summed E-state index contributed by atoms with van der Waals surface area (Å²) < 4.78 is 11.9. The van der Waals surface area contributed by atoms with Crippen molar-refractivity contribution in [3.8, 4) is 0 Å². The van der Waals surface area contributed by atoms with Gasteiger partial charge in [0.05, 0.1) is 0 Å². The molecule has 4 heteroatoms. The van der Waals surface area contributed by atoms with E-state index in [2.05, 4.69) is 11.8 Å². The van der Waals surface area contributed by atoms with Gasteiger partial charge < -0.3 is 4.90 Å². The molecule has 0 atom stereocenters. The van der Waals surface area contributed by atoms with Crippen LogP contribution in [-0.2, 0) is 0 Å². The third kappa shape index (κ3) is 5.21. The van der Waals surface area contributed by atoms with Crippen LogP contribution in [-0.4, -0.2) is 42.6 Å². The summed E-state index contributed by atoms with van der Waals surface area (Å²) in [5, 5.41) is 1.88. The van der Waals surface area contributed by atoms with Crippen molar-refractivity contribution in [2.75, 3.05) is 32.7 Å². The average molecular weight is 225 g/mol. The minimum Gasteiger partial charge on any atom is -0.301 e. The first-order valence-corrected chi connectivity index (χ1v) is 5.65. The van der Waals surface area contributed by atoms with Gasteiger partial charge in [0.25, 0.3) is 0 Å². The summed E-state index contributed by atoms with van der Waals surface area (Å²) in [6.45, 7) is 7.65. The predicted octanol–water partition coefficient (Wildman–Crippen LogP) is 1.32. The molecule has 2 N–H and O–H groups in total. The average Bonchev–Trinajstić information content (AvgIpc) is 2.32. The molecule has 2 rings (SSSR count). The number of nitrogens with two attached hydrogens (primary N) is 1. The molecule has 0 amide bonds. The third-order valence-electron chi connectivity index (χ3n) is 2.59. The number of piperazine rings is 1. The number of benzene rings is 1. The van der Waals surface area contributed by atoms with Crippen LogP contribution in [0, 0.1) is 5.82 Å². The highest BCUT2D eigenvalue weighted by molar-refractivity contribution is 5.02. The van der Waals surface area contributed by atoms with E-state index in [4.69, 9.17) is 5.84 Å². The summed E-state index contributed by atoms with van der Waals surface area (Å²) >= 11 is 0. The molecule has 1 heterocycles. The van der Waals surface area contributed by atoms with Gasteiger partial charge in [-0.25, -0.2) is 9.40 Å². The fourth-order valence-electron chi connectivity index (χ4n) is 1.49. The molecule has 1 saturated heterocycles. The van der Waals surface area contributed by atoms with E-state index in [0.29, 0.717) is 0 Å². The van der Waals surface area contributed by atoms with Crippen molar-refractivity contribution in [3.63, 3.8) is 0 Å². The lowest BCUT2D eigenvalue weighted by Crippen LogP contribution is -2.49. The highest BCUT2D eigenvalue weighted by atomic mass is 19.1. The molecule has 1 aromatic carbocycles. The van der Waals surface area contributed by atoms with E-state index in [9.17, 15) is 4.39 Å². The summed E-state index contributed by atoms with van der Waals surface area (Å²) in [7, 11) is 0. The predicted molar refractivity (Wildman–Crippen MR) is 64.3 cm³/mol. The molecule has 1 fully saturated rings. The molecule has 0 bridgehead atoms. The van der Waals surface area contributed by atoms with Gasteiger partial charge >= 0.3 is 0 Å². The van der Waals surface area contributed by atoms with E-state index in [-0.39, 0.29) is 5.82 Å². The van der Waals surface area contributed by atoms with E-state index in [1.54, 1.807) is 18.2 Å². The normalized spacial score (nSPS) is 17.7. The first-order valence-electron chi connectivity index (χ1n) is 5.65. The van der Waals surface area contributed by atoms with Crippen molar-refractivity contribution in [1.29, 1.82) is 0 Å². The van der Waals surface area contributed by atoms with E-state index in [1.165, 1.54) is 12.1 Å². The van der Waals surface area contributed by atoms with Crippen molar-refractivity contribution in [2.45, 2.75) is 6.92 Å². The van der Waals surface area contributed by atoms with Crippen molar-refractivity contribution >= 4 is 0 Å². The molecule has 0 radical (unpaired) electrons. The van der Waals surface area contributed by atoms with Gasteiger partial charge in [-0.1, -0.05) is 25.1 Å². The Kier molecular flexibility index (Phi) is 6.00. The van der Waals surface area contributed by atoms with Crippen LogP contribution in [0.5, 0.6) is 0 Å². The van der Waals surface area contributed by atoms with Gasteiger partial charge in [0, 0.05) is 26.2 Å². The molecule has 90 valence electrons. The van der Waals surface area contributed by atoms with Crippen molar-refractivity contribution in [3.05, 3.63) is 36.1 Å². The molecule has 1 aromatic rings. The van der Waals surface area contributed by atoms with Gasteiger partial charge in [0.1, 0.15) is 5.82 Å². The van der Waals surface area contributed by atoms with Crippen LogP contribution >= 0.6 is 0 Å². The first-order chi connectivity index (χ1) is 7.72. The van der Waals surface area contributed by atoms with Crippen LogP contribution in [0.15, 0.2) is 30.3 Å². The largest absolute Gasteiger partial charge is 0.301 e. The van der Waals surface area contributed by atoms with Crippen LogP contribution in [0.4, 0.5) is 4.39 Å². The second-order valence-corrected chi connectivity index (χ2v) is 3.77. The molecule has 1 aliphatic heterocycles. The highest BCUT2D eigenvalue weighted by Gasteiger charge is 2.10. The van der Waals surface area contributed by atoms with Crippen LogP contribution in [0.2, 0.25) is 0 Å². The molecular weight excluding hydrogens is 205 g/mol. The van der Waals surface area contributed by atoms with Crippen molar-refractivity contribution in [1.82, 2.24) is 9.91 Å². The second-order valence-electron chi connectivity index (χ2n) is 3.77. The van der Waals surface area contributed by atoms with Crippen molar-refractivity contribution < 1.29 is 4.39 Å². The van der Waals surface area contributed by atoms with E-state index in [1.807, 2.05) is 5.01 Å². The molecule has 1 aliphatic rings. The summed E-state index contributed by atoms with van der Waals surface area (Å²) in [6, 6.07) is 7.94. The smallest absolute Gasteiger partial charge is 0.123 e. The number of likely N-dealkylation sites (N-methyl/N-ethyl adjacent to an activating group) is 1. The number of rotatable bonds is 1. The lowest BCUT2D eigenvalue weighted by atomic mass is 10.3. The highest BCUT2D eigenvalue weighted by Crippen LogP contribution is 1.94. The molecular formula is C12H20FN3. The van der Waals surface area contributed by atoms with Crippen molar-refractivity contribution in [2.24, 2.45) is 5.84 Å². The van der Waals surface area contributed by atoms with Crippen LogP contribution in [0.25, 0.3) is 0 Å². The standard InChI is InChI=1S/C6H5F.C6H15N3/c7-6-4-2-1-3-5-6;1-2-8-3-5-9(7)6-4-8/h1-5H;2-7H2,1H3. The lowest BCUT2D eigenvalue weighted by molar-refractivity contribution is 0.139. The fraction of sp³-hybridized carbons (Fsp3) is 0.500. The zero-order chi connectivity index (χ0) is 11.8. The monoisotopic (exact) mass is 225 g/mol. The summed E-state index contributed by atoms with van der Waals surface area (Å²) in [6.07, 6.45) is 0. The maximum Gasteiger partial charge on any atom is 0.123 e. The number of hydrogen-bond donors (Lipinski definition) is 1. The van der Waals surface area contributed by atoms with E-state index in [0.717, 1.165) is 32.7 Å². The van der Waals surface area contributed by atoms with Crippen LogP contribution in [0.3, 0.4) is 0 Å². The summed E-state index contributed by atoms with van der Waals surface area (Å²) in [5.74, 6) is 5.38. The van der Waals surface area contributed by atoms with E-state index >= 15 is 0 Å². The Bertz CT molecular complexity index is 271. The molecule has 0 aromatic heterocycles. The molecule has 3 nitrogen and oxygen atoms in total. The van der Waals surface area contributed by atoms with E-state index < -0.39 is 0 Å². The second kappa shape index (κ2) is 7.33. The molecule has 0 spiro atoms. The van der Waals surface area contributed by atoms with Gasteiger partial charge in [0.15, 0.2) is 0 Å². The zero-order valence-electron chi connectivity index (χ0n) is 9.77. The Labute approximate surface area is 96.6 Å². The van der Waals surface area contributed by atoms with Gasteiger partial charge in [-0.15, -0.1) is 0 Å². The molecule has 0 saturated carbocycles. The third-order valence-corrected chi connectivity index (χ3v) is 2.59. The van der Waals surface area contributed by atoms with Crippen LogP contribution < -0.4 is 5.84 Å². The first kappa shape index (κ1) is 13.1. The Morgan fingerprint density at radius 1 is 1.12 bits per heavy atom. The maximum absolute atomic E-state index is 11.9. The summed E-state index contributed by atoms with van der Waals surface area (Å²) in [5.41, 5.74) is 0. The number of nitrogens with zero attached hydrogens (tertiary/aromatic N) is 2. The number of hydrazine groups is 1. The van der Waals surface area contributed by atoms with Gasteiger partial charge in [0.2, 0.25) is 0 Å². The Balaban J connectivity index is 0.000000165. The van der Waals surface area contributed by atoms with Gasteiger partial charge in [-0.2, -0.15) is 0 Å². The Hall–Kier alpha value is -0.970. The van der Waals surface area contributed by atoms with Gasteiger partial charge in [-0.05, 0) is 18.7 Å². The Morgan fingerprint density at radius 3 is 2.06 bits per heavy atom. The minimum absolute atomic E-state index is 0.178. The fourth-order valence-corrected chi connectivity index (χ4v) is 1.49. The number of hydrogen-bond acceptors (Lipinski definition) is 3.